The van der Waals surface area contributed by atoms with Crippen molar-refractivity contribution in [2.45, 2.75) is 44.7 Å². The molecule has 2 heterocycles. The maximum Gasteiger partial charge on any atom is 0.406 e. The number of amides is 1. The number of hydrogen-bond donors (Lipinski definition) is 3. The maximum absolute atomic E-state index is 14.7. The predicted octanol–water partition coefficient (Wildman–Crippen LogP) is 4.81. The highest BCUT2D eigenvalue weighted by molar-refractivity contribution is 5.95. The van der Waals surface area contributed by atoms with Crippen LogP contribution in [-0.4, -0.2) is 86.7 Å². The number of esters is 1. The van der Waals surface area contributed by atoms with Crippen molar-refractivity contribution in [3.05, 3.63) is 53.7 Å². The first kappa shape index (κ1) is 33.5. The first-order valence-electron chi connectivity index (χ1n) is 14.6. The van der Waals surface area contributed by atoms with Crippen LogP contribution in [0.15, 0.2) is 42.5 Å². The standard InChI is InChI=1S/C32H37F4N5O4/c1-21(42)45-16-6-14-38-31(43)22-10-11-28(30(17-22)44-3)37-13-5-7-23-18-24-26(39-27-12-15-40(2)19-25(27)33)8-4-9-29(24)41(23)20-32(34,35)36/h4,8-11,17-18,25,27,37,39H,6,12-16,19-20H2,1-3H3,(H,38,43)/t25-,27+/m0/s1. The second-order valence-electron chi connectivity index (χ2n) is 10.8. The topological polar surface area (TPSA) is 96.9 Å². The summed E-state index contributed by atoms with van der Waals surface area (Å²) >= 11 is 0. The van der Waals surface area contributed by atoms with Crippen molar-refractivity contribution in [3.63, 3.8) is 0 Å². The van der Waals surface area contributed by atoms with Crippen molar-refractivity contribution < 1.29 is 36.6 Å². The summed E-state index contributed by atoms with van der Waals surface area (Å²) in [6, 6.07) is 10.9. The van der Waals surface area contributed by atoms with E-state index < -0.39 is 24.9 Å². The number of halogens is 4. The van der Waals surface area contributed by atoms with Crippen molar-refractivity contribution in [1.82, 2.24) is 14.8 Å². The van der Waals surface area contributed by atoms with E-state index in [-0.39, 0.29) is 37.3 Å². The number of hydrogen-bond acceptors (Lipinski definition) is 7. The molecule has 2 aromatic carbocycles. The number of carbonyl (C=O) groups excluding carboxylic acids is 2. The molecular formula is C32H37F4N5O4. The van der Waals surface area contributed by atoms with E-state index in [4.69, 9.17) is 9.47 Å². The van der Waals surface area contributed by atoms with Gasteiger partial charge in [0.05, 0.1) is 43.2 Å². The van der Waals surface area contributed by atoms with Gasteiger partial charge in [0.1, 0.15) is 18.5 Å². The quantitative estimate of drug-likeness (QED) is 0.121. The van der Waals surface area contributed by atoms with Gasteiger partial charge in [0.2, 0.25) is 0 Å². The van der Waals surface area contributed by atoms with Gasteiger partial charge in [-0.25, -0.2) is 4.39 Å². The molecule has 1 aliphatic rings. The number of fused-ring (bicyclic) bond motifs is 1. The van der Waals surface area contributed by atoms with Crippen molar-refractivity contribution in [1.29, 1.82) is 0 Å². The number of anilines is 2. The van der Waals surface area contributed by atoms with Crippen LogP contribution in [0, 0.1) is 11.8 Å². The Morgan fingerprint density at radius 1 is 1.13 bits per heavy atom. The van der Waals surface area contributed by atoms with Gasteiger partial charge in [-0.05, 0) is 62.2 Å². The largest absolute Gasteiger partial charge is 0.495 e. The molecule has 0 unspecified atom stereocenters. The molecule has 0 radical (unpaired) electrons. The number of likely N-dealkylation sites (tertiary alicyclic amines) is 1. The van der Waals surface area contributed by atoms with Gasteiger partial charge in [-0.3, -0.25) is 9.59 Å². The van der Waals surface area contributed by atoms with E-state index in [1.165, 1.54) is 14.0 Å². The van der Waals surface area contributed by atoms with Crippen LogP contribution >= 0.6 is 0 Å². The Morgan fingerprint density at radius 2 is 1.93 bits per heavy atom. The van der Waals surface area contributed by atoms with Gasteiger partial charge in [-0.1, -0.05) is 12.0 Å². The maximum atomic E-state index is 14.7. The van der Waals surface area contributed by atoms with Gasteiger partial charge in [0.25, 0.3) is 5.91 Å². The minimum absolute atomic E-state index is 0.0792. The van der Waals surface area contributed by atoms with E-state index >= 15 is 0 Å². The molecule has 3 aromatic rings. The molecule has 1 aliphatic heterocycles. The second-order valence-corrected chi connectivity index (χ2v) is 10.8. The molecule has 13 heteroatoms. The number of ether oxygens (including phenoxy) is 2. The van der Waals surface area contributed by atoms with Gasteiger partial charge in [-0.2, -0.15) is 13.2 Å². The number of aromatic nitrogens is 1. The summed E-state index contributed by atoms with van der Waals surface area (Å²) in [6.45, 7) is 1.69. The van der Waals surface area contributed by atoms with Crippen LogP contribution in [-0.2, 0) is 16.1 Å². The van der Waals surface area contributed by atoms with E-state index in [9.17, 15) is 27.2 Å². The molecule has 45 heavy (non-hydrogen) atoms. The Balaban J connectivity index is 1.47. The van der Waals surface area contributed by atoms with Crippen molar-refractivity contribution >= 4 is 34.2 Å². The van der Waals surface area contributed by atoms with Crippen molar-refractivity contribution in [3.8, 4) is 17.6 Å². The molecule has 0 spiro atoms. The highest BCUT2D eigenvalue weighted by Gasteiger charge is 2.31. The summed E-state index contributed by atoms with van der Waals surface area (Å²) in [6.07, 6.45) is -4.55. The average molecular weight is 632 g/mol. The molecule has 1 aromatic heterocycles. The number of piperidine rings is 1. The fraction of sp³-hybridized carbons (Fsp3) is 0.438. The first-order valence-corrected chi connectivity index (χ1v) is 14.6. The fourth-order valence-corrected chi connectivity index (χ4v) is 5.13. The lowest BCUT2D eigenvalue weighted by molar-refractivity contribution is -0.141. The lowest BCUT2D eigenvalue weighted by atomic mass is 10.0. The summed E-state index contributed by atoms with van der Waals surface area (Å²) in [5.74, 6) is 5.40. The normalized spacial score (nSPS) is 16.9. The Kier molecular flexibility index (Phi) is 11.2. The van der Waals surface area contributed by atoms with E-state index in [1.54, 1.807) is 42.5 Å². The molecular weight excluding hydrogens is 594 g/mol. The Labute approximate surface area is 259 Å². The lowest BCUT2D eigenvalue weighted by Crippen LogP contribution is -2.46. The van der Waals surface area contributed by atoms with Crippen LogP contribution in [0.5, 0.6) is 5.75 Å². The van der Waals surface area contributed by atoms with Crippen LogP contribution < -0.4 is 20.7 Å². The van der Waals surface area contributed by atoms with Gasteiger partial charge in [0, 0.05) is 43.2 Å². The van der Waals surface area contributed by atoms with Crippen molar-refractivity contribution in [2.75, 3.05) is 57.6 Å². The molecule has 242 valence electrons. The summed E-state index contributed by atoms with van der Waals surface area (Å²) < 4.78 is 66.9. The van der Waals surface area contributed by atoms with Gasteiger partial charge >= 0.3 is 12.1 Å². The minimum Gasteiger partial charge on any atom is -0.495 e. The molecule has 3 N–H and O–H groups in total. The van der Waals surface area contributed by atoms with Gasteiger partial charge in [0.15, 0.2) is 0 Å². The van der Waals surface area contributed by atoms with Crippen LogP contribution in [0.4, 0.5) is 28.9 Å². The third-order valence-electron chi connectivity index (χ3n) is 7.33. The highest BCUT2D eigenvalue weighted by atomic mass is 19.4. The zero-order valence-corrected chi connectivity index (χ0v) is 25.4. The molecule has 2 atom stereocenters. The lowest BCUT2D eigenvalue weighted by Gasteiger charge is -2.33. The smallest absolute Gasteiger partial charge is 0.406 e. The number of methoxy groups -OCH3 is 1. The summed E-state index contributed by atoms with van der Waals surface area (Å²) in [4.78, 5) is 25.2. The number of rotatable bonds is 11. The van der Waals surface area contributed by atoms with Crippen LogP contribution in [0.3, 0.4) is 0 Å². The van der Waals surface area contributed by atoms with E-state index in [2.05, 4.69) is 27.8 Å². The Bertz CT molecular complexity index is 1560. The zero-order valence-electron chi connectivity index (χ0n) is 25.4. The SMILES string of the molecule is COc1cc(C(=O)NCCCOC(C)=O)ccc1NCC#Cc1cc2c(N[C@@H]3CCN(C)C[C@@H]3F)cccc2n1CC(F)(F)F. The molecule has 0 aliphatic carbocycles. The van der Waals surface area contributed by atoms with Crippen molar-refractivity contribution in [2.24, 2.45) is 0 Å². The highest BCUT2D eigenvalue weighted by Crippen LogP contribution is 2.32. The number of carbonyl (C=O) groups is 2. The number of benzene rings is 2. The third kappa shape index (κ3) is 9.28. The van der Waals surface area contributed by atoms with E-state index in [1.807, 2.05) is 11.9 Å². The molecule has 0 saturated carbocycles. The fourth-order valence-electron chi connectivity index (χ4n) is 5.13. The molecule has 1 saturated heterocycles. The van der Waals surface area contributed by atoms with E-state index in [0.717, 1.165) is 4.57 Å². The molecule has 0 bridgehead atoms. The summed E-state index contributed by atoms with van der Waals surface area (Å²) in [7, 11) is 3.30. The van der Waals surface area contributed by atoms with E-state index in [0.29, 0.717) is 59.5 Å². The van der Waals surface area contributed by atoms with Crippen LogP contribution in [0.1, 0.15) is 35.8 Å². The summed E-state index contributed by atoms with van der Waals surface area (Å²) in [5, 5.41) is 9.57. The number of alkyl halides is 4. The van der Waals surface area contributed by atoms with Crippen LogP contribution in [0.2, 0.25) is 0 Å². The third-order valence-corrected chi connectivity index (χ3v) is 7.33. The second kappa shape index (κ2) is 15.0. The molecule has 4 rings (SSSR count). The number of nitrogens with one attached hydrogen (secondary N) is 3. The number of nitrogens with zero attached hydrogens (tertiary/aromatic N) is 2. The average Bonchev–Trinajstić information content (AvgIpc) is 3.32. The first-order chi connectivity index (χ1) is 21.4. The predicted molar refractivity (Wildman–Crippen MR) is 164 cm³/mol. The van der Waals surface area contributed by atoms with Gasteiger partial charge in [-0.15, -0.1) is 0 Å². The minimum atomic E-state index is -4.48. The molecule has 1 amide bonds. The zero-order chi connectivity index (χ0) is 32.6. The monoisotopic (exact) mass is 631 g/mol. The molecule has 1 fully saturated rings. The Hall–Kier alpha value is -4.44. The Morgan fingerprint density at radius 3 is 2.64 bits per heavy atom. The summed E-state index contributed by atoms with van der Waals surface area (Å²) in [5.41, 5.74) is 1.98. The molecule has 9 nitrogen and oxygen atoms in total. The van der Waals surface area contributed by atoms with Crippen LogP contribution in [0.25, 0.3) is 10.9 Å². The van der Waals surface area contributed by atoms with Gasteiger partial charge < -0.3 is 34.9 Å².